The van der Waals surface area contributed by atoms with Crippen LogP contribution in [0.5, 0.6) is 5.75 Å². The van der Waals surface area contributed by atoms with Gasteiger partial charge < -0.3 is 15.0 Å². The van der Waals surface area contributed by atoms with Gasteiger partial charge in [0.1, 0.15) is 18.3 Å². The first-order valence-corrected chi connectivity index (χ1v) is 15.5. The van der Waals surface area contributed by atoms with Crippen LogP contribution in [-0.4, -0.2) is 56.6 Å². The van der Waals surface area contributed by atoms with Gasteiger partial charge in [-0.05, 0) is 62.7 Å². The van der Waals surface area contributed by atoms with Gasteiger partial charge in [-0.2, -0.15) is 0 Å². The molecule has 1 atom stereocenters. The third kappa shape index (κ3) is 9.11. The van der Waals surface area contributed by atoms with Crippen molar-refractivity contribution in [2.45, 2.75) is 45.3 Å². The number of halogens is 2. The van der Waals surface area contributed by atoms with Crippen LogP contribution >= 0.6 is 23.2 Å². The Hall–Kier alpha value is -3.27. The number of carbonyl (C=O) groups excluding carboxylic acids is 2. The first-order chi connectivity index (χ1) is 19.2. The van der Waals surface area contributed by atoms with Crippen LogP contribution in [0.1, 0.15) is 31.9 Å². The van der Waals surface area contributed by atoms with Crippen molar-refractivity contribution in [3.8, 4) is 5.75 Å². The summed E-state index contributed by atoms with van der Waals surface area (Å²) < 4.78 is 32.0. The minimum Gasteiger partial charge on any atom is -0.497 e. The number of carbonyl (C=O) groups is 2. The van der Waals surface area contributed by atoms with Crippen molar-refractivity contribution >= 4 is 50.7 Å². The quantitative estimate of drug-likeness (QED) is 0.313. The molecule has 0 saturated heterocycles. The number of amides is 2. The molecule has 0 unspecified atom stereocenters. The van der Waals surface area contributed by atoms with Crippen LogP contribution in [0.15, 0.2) is 72.8 Å². The van der Waals surface area contributed by atoms with E-state index >= 15 is 0 Å². The lowest BCUT2D eigenvalue weighted by Gasteiger charge is -2.35. The molecule has 8 nitrogen and oxygen atoms in total. The zero-order chi connectivity index (χ0) is 30.4. The van der Waals surface area contributed by atoms with Gasteiger partial charge in [-0.1, -0.05) is 59.6 Å². The van der Waals surface area contributed by atoms with Crippen LogP contribution in [-0.2, 0) is 32.6 Å². The van der Waals surface area contributed by atoms with Gasteiger partial charge in [0, 0.05) is 34.1 Å². The Labute approximate surface area is 252 Å². The maximum absolute atomic E-state index is 14.2. The number of nitrogens with one attached hydrogen (secondary N) is 1. The van der Waals surface area contributed by atoms with E-state index in [0.29, 0.717) is 21.4 Å². The Kier molecular flexibility index (Phi) is 10.7. The predicted molar refractivity (Wildman–Crippen MR) is 164 cm³/mol. The molecule has 0 aliphatic rings. The highest BCUT2D eigenvalue weighted by Gasteiger charge is 2.35. The lowest BCUT2D eigenvalue weighted by atomic mass is 10.0. The molecule has 0 bridgehead atoms. The van der Waals surface area contributed by atoms with E-state index in [-0.39, 0.29) is 18.7 Å². The summed E-state index contributed by atoms with van der Waals surface area (Å²) in [6.07, 6.45) is 1.20. The second kappa shape index (κ2) is 13.6. The van der Waals surface area contributed by atoms with Crippen LogP contribution in [0.4, 0.5) is 5.69 Å². The second-order valence-electron chi connectivity index (χ2n) is 10.6. The number of hydrogen-bond donors (Lipinski definition) is 1. The SMILES string of the molecule is COc1ccc(N(CC(=O)N(Cc2c(Cl)cccc2Cl)[C@H](Cc2ccccc2)C(=O)NC(C)(C)C)S(C)(=O)=O)cc1. The first kappa shape index (κ1) is 32.2. The van der Waals surface area contributed by atoms with Crippen LogP contribution in [0.25, 0.3) is 0 Å². The maximum atomic E-state index is 14.2. The van der Waals surface area contributed by atoms with Crippen molar-refractivity contribution in [2.75, 3.05) is 24.2 Å². The smallest absolute Gasteiger partial charge is 0.244 e. The third-order valence-electron chi connectivity index (χ3n) is 6.20. The lowest BCUT2D eigenvalue weighted by Crippen LogP contribution is -2.56. The number of hydrogen-bond acceptors (Lipinski definition) is 5. The van der Waals surface area contributed by atoms with E-state index in [1.54, 1.807) is 42.5 Å². The Balaban J connectivity index is 2.11. The van der Waals surface area contributed by atoms with Crippen LogP contribution < -0.4 is 14.4 Å². The fraction of sp³-hybridized carbons (Fsp3) is 0.333. The molecule has 3 aromatic rings. The molecule has 220 valence electrons. The Morgan fingerprint density at radius 3 is 2.02 bits per heavy atom. The van der Waals surface area contributed by atoms with Gasteiger partial charge in [0.2, 0.25) is 21.8 Å². The summed E-state index contributed by atoms with van der Waals surface area (Å²) in [4.78, 5) is 29.3. The molecule has 3 aromatic carbocycles. The fourth-order valence-electron chi connectivity index (χ4n) is 4.22. The molecule has 0 heterocycles. The highest BCUT2D eigenvalue weighted by molar-refractivity contribution is 7.92. The molecule has 41 heavy (non-hydrogen) atoms. The summed E-state index contributed by atoms with van der Waals surface area (Å²) in [6, 6.07) is 19.6. The van der Waals surface area contributed by atoms with E-state index in [9.17, 15) is 18.0 Å². The van der Waals surface area contributed by atoms with Crippen LogP contribution in [0.2, 0.25) is 10.0 Å². The van der Waals surface area contributed by atoms with Gasteiger partial charge in [0.15, 0.2) is 0 Å². The molecule has 0 fully saturated rings. The number of benzene rings is 3. The number of methoxy groups -OCH3 is 1. The summed E-state index contributed by atoms with van der Waals surface area (Å²) in [5.41, 5.74) is 0.946. The minimum absolute atomic E-state index is 0.118. The van der Waals surface area contributed by atoms with Gasteiger partial charge in [-0.15, -0.1) is 0 Å². The van der Waals surface area contributed by atoms with E-state index in [0.717, 1.165) is 16.1 Å². The van der Waals surface area contributed by atoms with Crippen molar-refractivity contribution in [3.05, 3.63) is 94.0 Å². The molecule has 0 aromatic heterocycles. The molecule has 3 rings (SSSR count). The summed E-state index contributed by atoms with van der Waals surface area (Å²) in [5, 5.41) is 3.61. The molecule has 0 radical (unpaired) electrons. The van der Waals surface area contributed by atoms with Gasteiger partial charge in [-0.3, -0.25) is 13.9 Å². The molecule has 0 spiro atoms. The number of ether oxygens (including phenoxy) is 1. The van der Waals surface area contributed by atoms with E-state index in [2.05, 4.69) is 5.32 Å². The second-order valence-corrected chi connectivity index (χ2v) is 13.4. The Morgan fingerprint density at radius 2 is 1.51 bits per heavy atom. The van der Waals surface area contributed by atoms with Gasteiger partial charge in [-0.25, -0.2) is 8.42 Å². The topological polar surface area (TPSA) is 96.0 Å². The molecule has 0 aliphatic heterocycles. The Bertz CT molecular complexity index is 1440. The van der Waals surface area contributed by atoms with E-state index in [4.69, 9.17) is 27.9 Å². The van der Waals surface area contributed by atoms with Crippen molar-refractivity contribution in [1.82, 2.24) is 10.2 Å². The summed E-state index contributed by atoms with van der Waals surface area (Å²) in [7, 11) is -2.40. The van der Waals surface area contributed by atoms with Crippen LogP contribution in [0, 0.1) is 0 Å². The number of anilines is 1. The average Bonchev–Trinajstić information content (AvgIpc) is 2.89. The van der Waals surface area contributed by atoms with Gasteiger partial charge in [0.25, 0.3) is 0 Å². The van der Waals surface area contributed by atoms with E-state index in [1.807, 2.05) is 51.1 Å². The highest BCUT2D eigenvalue weighted by Crippen LogP contribution is 2.28. The largest absolute Gasteiger partial charge is 0.497 e. The monoisotopic (exact) mass is 619 g/mol. The van der Waals surface area contributed by atoms with E-state index in [1.165, 1.54) is 12.0 Å². The van der Waals surface area contributed by atoms with Crippen molar-refractivity contribution in [3.63, 3.8) is 0 Å². The number of rotatable bonds is 11. The number of sulfonamides is 1. The maximum Gasteiger partial charge on any atom is 0.244 e. The van der Waals surface area contributed by atoms with Crippen molar-refractivity contribution < 1.29 is 22.7 Å². The fourth-order valence-corrected chi connectivity index (χ4v) is 5.59. The van der Waals surface area contributed by atoms with Crippen molar-refractivity contribution in [1.29, 1.82) is 0 Å². The first-order valence-electron chi connectivity index (χ1n) is 12.9. The Morgan fingerprint density at radius 1 is 0.927 bits per heavy atom. The summed E-state index contributed by atoms with van der Waals surface area (Å²) >= 11 is 13.0. The van der Waals surface area contributed by atoms with Crippen molar-refractivity contribution in [2.24, 2.45) is 0 Å². The zero-order valence-corrected chi connectivity index (χ0v) is 26.1. The average molecular weight is 621 g/mol. The minimum atomic E-state index is -3.90. The molecule has 2 amide bonds. The normalized spacial score (nSPS) is 12.4. The summed E-state index contributed by atoms with van der Waals surface area (Å²) in [5.74, 6) is -0.467. The molecule has 0 aliphatic carbocycles. The molecule has 0 saturated carbocycles. The van der Waals surface area contributed by atoms with Gasteiger partial charge >= 0.3 is 0 Å². The summed E-state index contributed by atoms with van der Waals surface area (Å²) in [6.45, 7) is 4.86. The molecule has 1 N–H and O–H groups in total. The van der Waals surface area contributed by atoms with E-state index < -0.39 is 40.0 Å². The standard InChI is InChI=1S/C30H35Cl2N3O5S/c1-30(2,3)33-29(37)27(18-21-10-7-6-8-11-21)34(19-24-25(31)12-9-13-26(24)32)28(36)20-35(41(5,38)39)22-14-16-23(40-4)17-15-22/h6-17,27H,18-20H2,1-5H3,(H,33,37)/t27-/m1/s1. The van der Waals surface area contributed by atoms with Crippen LogP contribution in [0.3, 0.4) is 0 Å². The third-order valence-corrected chi connectivity index (χ3v) is 8.05. The van der Waals surface area contributed by atoms with Gasteiger partial charge in [0.05, 0.1) is 19.1 Å². The number of nitrogens with zero attached hydrogens (tertiary/aromatic N) is 2. The lowest BCUT2D eigenvalue weighted by molar-refractivity contribution is -0.140. The molecular weight excluding hydrogens is 585 g/mol. The predicted octanol–water partition coefficient (Wildman–Crippen LogP) is 5.32. The molecular formula is C30H35Cl2N3O5S. The zero-order valence-electron chi connectivity index (χ0n) is 23.7. The molecule has 11 heteroatoms. The highest BCUT2D eigenvalue weighted by atomic mass is 35.5.